The van der Waals surface area contributed by atoms with Crippen molar-refractivity contribution in [1.29, 1.82) is 0 Å². The van der Waals surface area contributed by atoms with E-state index >= 15 is 0 Å². The molecule has 1 rings (SSSR count). The largest absolute Gasteiger partial charge is 0.377 e. The molecule has 0 spiro atoms. The minimum atomic E-state index is -0.413. The molecule has 0 aromatic heterocycles. The van der Waals surface area contributed by atoms with Gasteiger partial charge in [0.05, 0.1) is 5.60 Å². The summed E-state index contributed by atoms with van der Waals surface area (Å²) in [6, 6.07) is 4.11. The van der Waals surface area contributed by atoms with Gasteiger partial charge >= 0.3 is 0 Å². The van der Waals surface area contributed by atoms with Crippen LogP contribution in [0.5, 0.6) is 0 Å². The van der Waals surface area contributed by atoms with Crippen molar-refractivity contribution in [1.82, 2.24) is 5.32 Å². The second-order valence-electron chi connectivity index (χ2n) is 4.61. The lowest BCUT2D eigenvalue weighted by Crippen LogP contribution is -2.39. The molecule has 0 bridgehead atoms. The molecule has 0 aliphatic heterocycles. The van der Waals surface area contributed by atoms with Gasteiger partial charge in [0.25, 0.3) is 5.91 Å². The Bertz CT molecular complexity index is 416. The van der Waals surface area contributed by atoms with E-state index in [0.717, 1.165) is 0 Å². The van der Waals surface area contributed by atoms with Crippen LogP contribution in [0.15, 0.2) is 18.2 Å². The Balaban J connectivity index is 2.71. The first-order valence-electron chi connectivity index (χ1n) is 5.45. The SMILES string of the molecule is COC(C)(C)CNC(=O)c1ccc(F)cc1C. The van der Waals surface area contributed by atoms with Crippen LogP contribution in [-0.2, 0) is 4.74 Å². The van der Waals surface area contributed by atoms with Crippen LogP contribution in [0, 0.1) is 12.7 Å². The summed E-state index contributed by atoms with van der Waals surface area (Å²) in [7, 11) is 1.59. The Morgan fingerprint density at radius 2 is 2.12 bits per heavy atom. The Morgan fingerprint density at radius 3 is 2.65 bits per heavy atom. The van der Waals surface area contributed by atoms with E-state index in [4.69, 9.17) is 4.74 Å². The van der Waals surface area contributed by atoms with Gasteiger partial charge in [-0.2, -0.15) is 0 Å². The standard InChI is InChI=1S/C13H18FNO2/c1-9-7-10(14)5-6-11(9)12(16)15-8-13(2,3)17-4/h5-7H,8H2,1-4H3,(H,15,16). The maximum atomic E-state index is 12.9. The van der Waals surface area contributed by atoms with Crippen LogP contribution in [0.2, 0.25) is 0 Å². The highest BCUT2D eigenvalue weighted by molar-refractivity contribution is 5.95. The van der Waals surface area contributed by atoms with Crippen molar-refractivity contribution in [3.63, 3.8) is 0 Å². The number of amides is 1. The maximum absolute atomic E-state index is 12.9. The van der Waals surface area contributed by atoms with Crippen LogP contribution in [0.25, 0.3) is 0 Å². The van der Waals surface area contributed by atoms with Crippen LogP contribution in [0.3, 0.4) is 0 Å². The Kier molecular flexibility index (Phi) is 4.23. The van der Waals surface area contributed by atoms with Crippen molar-refractivity contribution >= 4 is 5.91 Å². The molecule has 0 saturated heterocycles. The van der Waals surface area contributed by atoms with E-state index in [1.165, 1.54) is 18.2 Å². The fourth-order valence-corrected chi connectivity index (χ4v) is 1.34. The smallest absolute Gasteiger partial charge is 0.251 e. The number of hydrogen-bond acceptors (Lipinski definition) is 2. The number of carbonyl (C=O) groups excluding carboxylic acids is 1. The molecule has 0 aliphatic carbocycles. The van der Waals surface area contributed by atoms with Crippen molar-refractivity contribution in [2.45, 2.75) is 26.4 Å². The fourth-order valence-electron chi connectivity index (χ4n) is 1.34. The van der Waals surface area contributed by atoms with E-state index in [-0.39, 0.29) is 11.7 Å². The first-order chi connectivity index (χ1) is 7.85. The van der Waals surface area contributed by atoms with E-state index in [1.807, 2.05) is 13.8 Å². The lowest BCUT2D eigenvalue weighted by Gasteiger charge is -2.23. The number of ether oxygens (including phenoxy) is 1. The lowest BCUT2D eigenvalue weighted by atomic mass is 10.1. The highest BCUT2D eigenvalue weighted by Gasteiger charge is 2.18. The van der Waals surface area contributed by atoms with Gasteiger partial charge in [0.1, 0.15) is 5.82 Å². The highest BCUT2D eigenvalue weighted by atomic mass is 19.1. The molecule has 0 saturated carbocycles. The minimum Gasteiger partial charge on any atom is -0.377 e. The molecule has 1 amide bonds. The monoisotopic (exact) mass is 239 g/mol. The van der Waals surface area contributed by atoms with Gasteiger partial charge in [0, 0.05) is 19.2 Å². The van der Waals surface area contributed by atoms with Crippen molar-refractivity contribution in [2.24, 2.45) is 0 Å². The van der Waals surface area contributed by atoms with Gasteiger partial charge in [0.15, 0.2) is 0 Å². The number of carbonyl (C=O) groups is 1. The Morgan fingerprint density at radius 1 is 1.47 bits per heavy atom. The van der Waals surface area contributed by atoms with Crippen molar-refractivity contribution in [2.75, 3.05) is 13.7 Å². The number of hydrogen-bond donors (Lipinski definition) is 1. The Hall–Kier alpha value is -1.42. The zero-order valence-corrected chi connectivity index (χ0v) is 10.6. The van der Waals surface area contributed by atoms with Crippen molar-refractivity contribution in [3.05, 3.63) is 35.1 Å². The molecule has 0 unspecified atom stereocenters. The number of halogens is 1. The minimum absolute atomic E-state index is 0.215. The molecule has 0 atom stereocenters. The number of aryl methyl sites for hydroxylation is 1. The van der Waals surface area contributed by atoms with E-state index in [9.17, 15) is 9.18 Å². The summed E-state index contributed by atoms with van der Waals surface area (Å²) in [4.78, 5) is 11.9. The van der Waals surface area contributed by atoms with Gasteiger partial charge in [-0.15, -0.1) is 0 Å². The van der Waals surface area contributed by atoms with Crippen LogP contribution < -0.4 is 5.32 Å². The Labute approximate surface area is 101 Å². The van der Waals surface area contributed by atoms with E-state index in [2.05, 4.69) is 5.32 Å². The van der Waals surface area contributed by atoms with Crippen LogP contribution in [-0.4, -0.2) is 25.2 Å². The average Bonchev–Trinajstić information content (AvgIpc) is 2.26. The summed E-state index contributed by atoms with van der Waals surface area (Å²) in [6.45, 7) is 5.87. The second-order valence-corrected chi connectivity index (χ2v) is 4.61. The number of rotatable bonds is 4. The molecule has 1 aromatic rings. The third kappa shape index (κ3) is 3.82. The summed E-state index contributed by atoms with van der Waals surface area (Å²) in [5, 5.41) is 2.76. The summed E-state index contributed by atoms with van der Waals surface area (Å²) in [5.74, 6) is -0.552. The zero-order valence-electron chi connectivity index (χ0n) is 10.6. The van der Waals surface area contributed by atoms with Gasteiger partial charge in [-0.05, 0) is 44.5 Å². The molecule has 0 aliphatic rings. The third-order valence-electron chi connectivity index (χ3n) is 2.66. The predicted molar refractivity (Wildman–Crippen MR) is 64.6 cm³/mol. The first-order valence-corrected chi connectivity index (χ1v) is 5.45. The van der Waals surface area contributed by atoms with E-state index in [0.29, 0.717) is 17.7 Å². The predicted octanol–water partition coefficient (Wildman–Crippen LogP) is 2.29. The molecular weight excluding hydrogens is 221 g/mol. The molecule has 3 nitrogen and oxygen atoms in total. The second kappa shape index (κ2) is 5.27. The summed E-state index contributed by atoms with van der Waals surface area (Å²) in [6.07, 6.45) is 0. The van der Waals surface area contributed by atoms with Crippen molar-refractivity contribution in [3.8, 4) is 0 Å². The highest BCUT2D eigenvalue weighted by Crippen LogP contribution is 2.11. The van der Waals surface area contributed by atoms with Gasteiger partial charge in [-0.3, -0.25) is 4.79 Å². The summed E-state index contributed by atoms with van der Waals surface area (Å²) < 4.78 is 18.1. The van der Waals surface area contributed by atoms with E-state index in [1.54, 1.807) is 14.0 Å². The molecule has 94 valence electrons. The van der Waals surface area contributed by atoms with Gasteiger partial charge in [-0.1, -0.05) is 0 Å². The fraction of sp³-hybridized carbons (Fsp3) is 0.462. The molecule has 1 N–H and O–H groups in total. The lowest BCUT2D eigenvalue weighted by molar-refractivity contribution is 0.0228. The first kappa shape index (κ1) is 13.6. The van der Waals surface area contributed by atoms with Gasteiger partial charge < -0.3 is 10.1 Å². The molecule has 4 heteroatoms. The normalized spacial score (nSPS) is 11.4. The molecule has 0 fully saturated rings. The van der Waals surface area contributed by atoms with Crippen LogP contribution >= 0.6 is 0 Å². The average molecular weight is 239 g/mol. The topological polar surface area (TPSA) is 38.3 Å². The summed E-state index contributed by atoms with van der Waals surface area (Å²) >= 11 is 0. The molecule has 17 heavy (non-hydrogen) atoms. The number of methoxy groups -OCH3 is 1. The van der Waals surface area contributed by atoms with Gasteiger partial charge in [0.2, 0.25) is 0 Å². The quantitative estimate of drug-likeness (QED) is 0.875. The summed E-state index contributed by atoms with van der Waals surface area (Å²) in [5.41, 5.74) is 0.694. The molecule has 1 aromatic carbocycles. The van der Waals surface area contributed by atoms with Crippen LogP contribution in [0.4, 0.5) is 4.39 Å². The number of nitrogens with one attached hydrogen (secondary N) is 1. The number of benzene rings is 1. The van der Waals surface area contributed by atoms with Crippen LogP contribution in [0.1, 0.15) is 29.8 Å². The maximum Gasteiger partial charge on any atom is 0.251 e. The molecule has 0 radical (unpaired) electrons. The van der Waals surface area contributed by atoms with E-state index < -0.39 is 5.60 Å². The molecule has 0 heterocycles. The third-order valence-corrected chi connectivity index (χ3v) is 2.66. The van der Waals surface area contributed by atoms with Crippen molar-refractivity contribution < 1.29 is 13.9 Å². The van der Waals surface area contributed by atoms with Gasteiger partial charge in [-0.25, -0.2) is 4.39 Å². The zero-order chi connectivity index (χ0) is 13.1. The molecular formula is C13H18FNO2.